The second-order valence-electron chi connectivity index (χ2n) is 5.61. The minimum absolute atomic E-state index is 0.109. The number of hydrogen-bond donors (Lipinski definition) is 2. The van der Waals surface area contributed by atoms with Crippen LogP contribution in [0.4, 0.5) is 5.82 Å². The summed E-state index contributed by atoms with van der Waals surface area (Å²) in [6, 6.07) is -0.165. The number of carbonyl (C=O) groups excluding carboxylic acids is 1. The van der Waals surface area contributed by atoms with Gasteiger partial charge in [0.25, 0.3) is 0 Å². The van der Waals surface area contributed by atoms with E-state index in [1.54, 1.807) is 0 Å². The lowest BCUT2D eigenvalue weighted by molar-refractivity contribution is -0.116. The van der Waals surface area contributed by atoms with Crippen LogP contribution in [-0.4, -0.2) is 21.9 Å². The van der Waals surface area contributed by atoms with E-state index in [-0.39, 0.29) is 23.8 Å². The van der Waals surface area contributed by atoms with E-state index in [2.05, 4.69) is 67.9 Å². The average molecular weight is 394 g/mol. The summed E-state index contributed by atoms with van der Waals surface area (Å²) in [6.07, 6.45) is 2.57. The Morgan fingerprint density at radius 1 is 1.47 bits per heavy atom. The van der Waals surface area contributed by atoms with Crippen molar-refractivity contribution < 1.29 is 4.79 Å². The Morgan fingerprint density at radius 2 is 2.11 bits per heavy atom. The van der Waals surface area contributed by atoms with E-state index in [4.69, 9.17) is 5.73 Å². The van der Waals surface area contributed by atoms with Gasteiger partial charge in [-0.25, -0.2) is 9.97 Å². The number of anilines is 1. The van der Waals surface area contributed by atoms with Crippen molar-refractivity contribution in [2.45, 2.75) is 39.7 Å². The minimum Gasteiger partial charge on any atom is -0.327 e. The smallest absolute Gasteiger partial charge is 0.227 e. The Labute approximate surface area is 130 Å². The lowest BCUT2D eigenvalue weighted by atomic mass is 9.87. The predicted octanol–water partition coefficient (Wildman–Crippen LogP) is 3.09. The van der Waals surface area contributed by atoms with Crippen molar-refractivity contribution >= 4 is 43.6 Å². The van der Waals surface area contributed by atoms with Crippen LogP contribution in [0.5, 0.6) is 0 Å². The van der Waals surface area contributed by atoms with Gasteiger partial charge < -0.3 is 11.1 Å². The van der Waals surface area contributed by atoms with Crippen molar-refractivity contribution in [3.8, 4) is 0 Å². The number of nitrogens with two attached hydrogens (primary N) is 1. The van der Waals surface area contributed by atoms with Gasteiger partial charge in [-0.2, -0.15) is 0 Å². The number of carbonyl (C=O) groups is 1. The molecule has 19 heavy (non-hydrogen) atoms. The fourth-order valence-electron chi connectivity index (χ4n) is 1.71. The summed E-state index contributed by atoms with van der Waals surface area (Å²) in [5.74, 6) is 0.241. The predicted molar refractivity (Wildman–Crippen MR) is 82.7 cm³/mol. The molecule has 106 valence electrons. The molecule has 1 rings (SSSR count). The molecule has 0 bridgehead atoms. The van der Waals surface area contributed by atoms with Crippen LogP contribution >= 0.6 is 31.9 Å². The zero-order chi connectivity index (χ0) is 14.6. The molecular weight excluding hydrogens is 376 g/mol. The summed E-state index contributed by atoms with van der Waals surface area (Å²) in [5, 5.41) is 2.69. The van der Waals surface area contributed by atoms with Gasteiger partial charge in [0.15, 0.2) is 5.82 Å². The van der Waals surface area contributed by atoms with Crippen molar-refractivity contribution in [1.29, 1.82) is 0 Å². The lowest BCUT2D eigenvalue weighted by Crippen LogP contribution is -2.31. The van der Waals surface area contributed by atoms with Crippen LogP contribution in [0.3, 0.4) is 0 Å². The van der Waals surface area contributed by atoms with Crippen molar-refractivity contribution in [3.05, 3.63) is 15.4 Å². The Kier molecular flexibility index (Phi) is 5.88. The summed E-state index contributed by atoms with van der Waals surface area (Å²) < 4.78 is 1.08. The average Bonchev–Trinajstić information content (AvgIpc) is 2.19. The first-order chi connectivity index (χ1) is 8.67. The zero-order valence-corrected chi connectivity index (χ0v) is 14.4. The van der Waals surface area contributed by atoms with E-state index in [1.807, 2.05) is 0 Å². The molecule has 0 fully saturated rings. The number of aromatic nitrogens is 2. The molecular formula is C12H18Br2N4O. The van der Waals surface area contributed by atoms with Gasteiger partial charge in [-0.15, -0.1) is 0 Å². The van der Waals surface area contributed by atoms with Gasteiger partial charge in [-0.3, -0.25) is 4.79 Å². The molecule has 0 saturated carbocycles. The van der Waals surface area contributed by atoms with E-state index in [9.17, 15) is 4.79 Å². The second-order valence-corrected chi connectivity index (χ2v) is 7.17. The monoisotopic (exact) mass is 392 g/mol. The zero-order valence-electron chi connectivity index (χ0n) is 11.2. The number of rotatable bonds is 4. The molecule has 1 unspecified atom stereocenters. The molecule has 1 aromatic rings. The number of hydrogen-bond acceptors (Lipinski definition) is 4. The normalized spacial score (nSPS) is 13.2. The van der Waals surface area contributed by atoms with Crippen LogP contribution in [0, 0.1) is 5.41 Å². The summed E-state index contributed by atoms with van der Waals surface area (Å²) in [4.78, 5) is 20.0. The molecule has 0 aliphatic carbocycles. The third kappa shape index (κ3) is 6.44. The van der Waals surface area contributed by atoms with E-state index in [1.165, 1.54) is 6.20 Å². The Hall–Kier alpha value is -0.530. The van der Waals surface area contributed by atoms with Gasteiger partial charge in [0.2, 0.25) is 5.91 Å². The first-order valence-corrected chi connectivity index (χ1v) is 7.49. The van der Waals surface area contributed by atoms with Crippen LogP contribution in [0.25, 0.3) is 0 Å². The SMILES string of the molecule is CC(C)(C)CC(N)CC(=O)Nc1ncc(Br)nc1Br. The summed E-state index contributed by atoms with van der Waals surface area (Å²) in [6.45, 7) is 6.30. The van der Waals surface area contributed by atoms with Crippen molar-refractivity contribution in [2.24, 2.45) is 11.1 Å². The third-order valence-electron chi connectivity index (χ3n) is 2.28. The van der Waals surface area contributed by atoms with Gasteiger partial charge in [-0.1, -0.05) is 20.8 Å². The molecule has 1 aromatic heterocycles. The fraction of sp³-hybridized carbons (Fsp3) is 0.583. The third-order valence-corrected chi connectivity index (χ3v) is 3.22. The molecule has 1 heterocycles. The van der Waals surface area contributed by atoms with Crippen LogP contribution in [-0.2, 0) is 4.79 Å². The second kappa shape index (κ2) is 6.76. The highest BCUT2D eigenvalue weighted by Crippen LogP contribution is 2.22. The molecule has 5 nitrogen and oxygen atoms in total. The summed E-state index contributed by atoms with van der Waals surface area (Å²) in [5.41, 5.74) is 6.07. The van der Waals surface area contributed by atoms with Crippen LogP contribution < -0.4 is 11.1 Å². The lowest BCUT2D eigenvalue weighted by Gasteiger charge is -2.22. The number of amides is 1. The highest BCUT2D eigenvalue weighted by molar-refractivity contribution is 9.11. The van der Waals surface area contributed by atoms with E-state index in [0.717, 1.165) is 6.42 Å². The molecule has 1 amide bonds. The highest BCUT2D eigenvalue weighted by atomic mass is 79.9. The molecule has 7 heteroatoms. The van der Waals surface area contributed by atoms with Gasteiger partial charge in [0.05, 0.1) is 6.20 Å². The van der Waals surface area contributed by atoms with Crippen molar-refractivity contribution in [3.63, 3.8) is 0 Å². The molecule has 1 atom stereocenters. The van der Waals surface area contributed by atoms with Gasteiger partial charge >= 0.3 is 0 Å². The molecule has 0 aromatic carbocycles. The molecule has 0 aliphatic rings. The maximum atomic E-state index is 11.9. The maximum absolute atomic E-state index is 11.9. The molecule has 0 radical (unpaired) electrons. The van der Waals surface area contributed by atoms with E-state index >= 15 is 0 Å². The number of nitrogens with one attached hydrogen (secondary N) is 1. The van der Waals surface area contributed by atoms with Crippen LogP contribution in [0.1, 0.15) is 33.6 Å². The Morgan fingerprint density at radius 3 is 2.63 bits per heavy atom. The fourth-order valence-corrected chi connectivity index (χ4v) is 2.62. The van der Waals surface area contributed by atoms with Gasteiger partial charge in [0, 0.05) is 12.5 Å². The highest BCUT2D eigenvalue weighted by Gasteiger charge is 2.19. The molecule has 0 spiro atoms. The van der Waals surface area contributed by atoms with Crippen molar-refractivity contribution in [2.75, 3.05) is 5.32 Å². The van der Waals surface area contributed by atoms with E-state index in [0.29, 0.717) is 15.0 Å². The van der Waals surface area contributed by atoms with Gasteiger partial charge in [-0.05, 0) is 43.7 Å². The molecule has 3 N–H and O–H groups in total. The Bertz CT molecular complexity index is 460. The van der Waals surface area contributed by atoms with Crippen LogP contribution in [0.2, 0.25) is 0 Å². The largest absolute Gasteiger partial charge is 0.327 e. The van der Waals surface area contributed by atoms with Crippen molar-refractivity contribution in [1.82, 2.24) is 9.97 Å². The number of nitrogens with zero attached hydrogens (tertiary/aromatic N) is 2. The van der Waals surface area contributed by atoms with E-state index < -0.39 is 0 Å². The quantitative estimate of drug-likeness (QED) is 0.823. The Balaban J connectivity index is 2.56. The van der Waals surface area contributed by atoms with Crippen LogP contribution in [0.15, 0.2) is 15.4 Å². The summed E-state index contributed by atoms with van der Waals surface area (Å²) in [7, 11) is 0. The summed E-state index contributed by atoms with van der Waals surface area (Å²) >= 11 is 6.44. The van der Waals surface area contributed by atoms with Gasteiger partial charge in [0.1, 0.15) is 9.21 Å². The first kappa shape index (κ1) is 16.5. The molecule has 0 saturated heterocycles. The maximum Gasteiger partial charge on any atom is 0.227 e. The first-order valence-electron chi connectivity index (χ1n) is 5.91. The minimum atomic E-state index is -0.165. The molecule has 0 aliphatic heterocycles. The number of halogens is 2. The topological polar surface area (TPSA) is 80.9 Å². The standard InChI is InChI=1S/C12H18Br2N4O/c1-12(2,3)5-7(15)4-9(19)18-11-10(14)17-8(13)6-16-11/h6-7H,4-5,15H2,1-3H3,(H,16,18,19).